The molecular weight excluding hydrogens is 292 g/mol. The van der Waals surface area contributed by atoms with E-state index >= 15 is 0 Å². The number of ether oxygens (including phenoxy) is 1. The summed E-state index contributed by atoms with van der Waals surface area (Å²) in [5.41, 5.74) is 0.993. The fourth-order valence-electron chi connectivity index (χ4n) is 3.10. The van der Waals surface area contributed by atoms with Gasteiger partial charge in [-0.15, -0.1) is 0 Å². The zero-order chi connectivity index (χ0) is 16.1. The van der Waals surface area contributed by atoms with Crippen LogP contribution in [0.15, 0.2) is 30.5 Å². The Bertz CT molecular complexity index is 617. The van der Waals surface area contributed by atoms with Gasteiger partial charge in [0.15, 0.2) is 0 Å². The molecule has 1 aliphatic rings. The summed E-state index contributed by atoms with van der Waals surface area (Å²) < 4.78 is 5.85. The summed E-state index contributed by atoms with van der Waals surface area (Å²) in [6, 6.07) is 8.21. The molecule has 2 heterocycles. The molecule has 6 heteroatoms. The van der Waals surface area contributed by atoms with Gasteiger partial charge in [-0.2, -0.15) is 15.4 Å². The molecule has 0 radical (unpaired) electrons. The molecule has 1 fully saturated rings. The minimum Gasteiger partial charge on any atom is -0.492 e. The van der Waals surface area contributed by atoms with Crippen molar-refractivity contribution in [3.63, 3.8) is 0 Å². The van der Waals surface area contributed by atoms with Crippen LogP contribution >= 0.6 is 0 Å². The number of aliphatic hydroxyl groups is 1. The maximum Gasteiger partial charge on any atom is 0.123 e. The van der Waals surface area contributed by atoms with Crippen LogP contribution in [0.2, 0.25) is 0 Å². The topological polar surface area (TPSA) is 74.3 Å². The lowest BCUT2D eigenvalue weighted by atomic mass is 9.90. The van der Waals surface area contributed by atoms with Gasteiger partial charge in [-0.1, -0.05) is 19.1 Å². The van der Waals surface area contributed by atoms with Crippen molar-refractivity contribution >= 4 is 0 Å². The molecule has 1 aromatic heterocycles. The van der Waals surface area contributed by atoms with Crippen molar-refractivity contribution in [3.05, 3.63) is 41.7 Å². The molecule has 0 bridgehead atoms. The molecule has 2 aromatic rings. The highest BCUT2D eigenvalue weighted by molar-refractivity contribution is 5.28. The van der Waals surface area contributed by atoms with E-state index in [1.165, 1.54) is 5.56 Å². The van der Waals surface area contributed by atoms with Crippen LogP contribution in [-0.2, 0) is 12.0 Å². The number of likely N-dealkylation sites (tertiary alicyclic amines) is 1. The number of aryl methyl sites for hydroxylation is 1. The number of rotatable bonds is 6. The second kappa shape index (κ2) is 7.10. The Labute approximate surface area is 136 Å². The molecule has 0 amide bonds. The number of aromatic amines is 1. The number of benzene rings is 1. The Morgan fingerprint density at radius 2 is 2.35 bits per heavy atom. The van der Waals surface area contributed by atoms with Crippen LogP contribution in [0.4, 0.5) is 0 Å². The van der Waals surface area contributed by atoms with Crippen molar-refractivity contribution in [1.82, 2.24) is 20.3 Å². The quantitative estimate of drug-likeness (QED) is 0.849. The van der Waals surface area contributed by atoms with Crippen LogP contribution in [0.3, 0.4) is 0 Å². The predicted molar refractivity (Wildman–Crippen MR) is 87.3 cm³/mol. The van der Waals surface area contributed by atoms with E-state index in [2.05, 4.69) is 39.4 Å². The summed E-state index contributed by atoms with van der Waals surface area (Å²) in [6.07, 6.45) is 4.27. The molecule has 23 heavy (non-hydrogen) atoms. The molecule has 1 saturated heterocycles. The second-order valence-corrected chi connectivity index (χ2v) is 6.12. The van der Waals surface area contributed by atoms with Gasteiger partial charge in [-0.25, -0.2) is 0 Å². The molecule has 124 valence electrons. The number of β-amino-alcohol motifs (C(OH)–C–C–N with tert-alkyl or cyclic N) is 1. The molecule has 0 unspecified atom stereocenters. The fraction of sp³-hybridized carbons (Fsp3) is 0.529. The maximum atomic E-state index is 10.8. The lowest BCUT2D eigenvalue weighted by Crippen LogP contribution is -2.47. The van der Waals surface area contributed by atoms with E-state index in [1.54, 1.807) is 6.20 Å². The first-order valence-electron chi connectivity index (χ1n) is 8.22. The Morgan fingerprint density at radius 3 is 3.13 bits per heavy atom. The predicted octanol–water partition coefficient (Wildman–Crippen LogP) is 1.73. The van der Waals surface area contributed by atoms with Crippen LogP contribution in [0.25, 0.3) is 0 Å². The first kappa shape index (κ1) is 16.0. The van der Waals surface area contributed by atoms with Crippen molar-refractivity contribution in [1.29, 1.82) is 0 Å². The van der Waals surface area contributed by atoms with E-state index in [1.807, 2.05) is 12.1 Å². The van der Waals surface area contributed by atoms with E-state index in [9.17, 15) is 5.11 Å². The van der Waals surface area contributed by atoms with Crippen molar-refractivity contribution in [2.75, 3.05) is 26.2 Å². The average Bonchev–Trinajstić information content (AvgIpc) is 3.11. The molecule has 1 aromatic carbocycles. The van der Waals surface area contributed by atoms with Gasteiger partial charge >= 0.3 is 0 Å². The van der Waals surface area contributed by atoms with E-state index in [0.29, 0.717) is 18.8 Å². The highest BCUT2D eigenvalue weighted by Crippen LogP contribution is 2.29. The highest BCUT2D eigenvalue weighted by Gasteiger charge is 2.36. The van der Waals surface area contributed by atoms with Crippen molar-refractivity contribution in [3.8, 4) is 5.75 Å². The van der Waals surface area contributed by atoms with E-state index in [4.69, 9.17) is 4.74 Å². The average molecular weight is 316 g/mol. The van der Waals surface area contributed by atoms with Gasteiger partial charge in [0.2, 0.25) is 0 Å². The van der Waals surface area contributed by atoms with Gasteiger partial charge in [0.1, 0.15) is 23.7 Å². The van der Waals surface area contributed by atoms with Crippen LogP contribution in [-0.4, -0.2) is 51.7 Å². The van der Waals surface area contributed by atoms with E-state index in [-0.39, 0.29) is 0 Å². The smallest absolute Gasteiger partial charge is 0.123 e. The lowest BCUT2D eigenvalue weighted by molar-refractivity contribution is -0.0412. The van der Waals surface area contributed by atoms with Crippen LogP contribution in [0, 0.1) is 0 Å². The molecule has 0 aliphatic carbocycles. The zero-order valence-corrected chi connectivity index (χ0v) is 13.5. The Kier molecular flexibility index (Phi) is 4.93. The largest absolute Gasteiger partial charge is 0.492 e. The second-order valence-electron chi connectivity index (χ2n) is 6.12. The van der Waals surface area contributed by atoms with E-state index < -0.39 is 5.60 Å². The third-order valence-electron chi connectivity index (χ3n) is 4.42. The number of hydrogen-bond acceptors (Lipinski definition) is 5. The summed E-state index contributed by atoms with van der Waals surface area (Å²) in [4.78, 5) is 2.22. The fourth-order valence-corrected chi connectivity index (χ4v) is 3.10. The summed E-state index contributed by atoms with van der Waals surface area (Å²) in [5.74, 6) is 0.910. The minimum atomic E-state index is -0.909. The van der Waals surface area contributed by atoms with Crippen LogP contribution < -0.4 is 4.74 Å². The van der Waals surface area contributed by atoms with Crippen molar-refractivity contribution in [2.24, 2.45) is 0 Å². The van der Waals surface area contributed by atoms with Crippen LogP contribution in [0.5, 0.6) is 5.75 Å². The molecule has 1 aliphatic heterocycles. The third kappa shape index (κ3) is 3.89. The monoisotopic (exact) mass is 316 g/mol. The van der Waals surface area contributed by atoms with Gasteiger partial charge in [-0.05, 0) is 43.5 Å². The maximum absolute atomic E-state index is 10.8. The van der Waals surface area contributed by atoms with Crippen molar-refractivity contribution in [2.45, 2.75) is 31.8 Å². The SMILES string of the molecule is CCc1cccc(OCCN2CCC[C@](O)(c3cn[nH]n3)C2)c1. The minimum absolute atomic E-state index is 0.567. The zero-order valence-electron chi connectivity index (χ0n) is 13.5. The standard InChI is InChI=1S/C17H24N4O2/c1-2-14-5-3-6-15(11-14)23-10-9-21-8-4-7-17(22,13-21)16-12-18-20-19-16/h3,5-6,11-12,22H,2,4,7-10,13H2,1H3,(H,18,19,20)/t17-/m1/s1. The number of nitrogens with zero attached hydrogens (tertiary/aromatic N) is 3. The molecule has 3 rings (SSSR count). The molecule has 2 N–H and O–H groups in total. The number of aromatic nitrogens is 3. The summed E-state index contributed by atoms with van der Waals surface area (Å²) in [7, 11) is 0. The molecule has 6 nitrogen and oxygen atoms in total. The van der Waals surface area contributed by atoms with E-state index in [0.717, 1.165) is 38.1 Å². The molecule has 0 spiro atoms. The number of H-pyrrole nitrogens is 1. The van der Waals surface area contributed by atoms with Crippen molar-refractivity contribution < 1.29 is 9.84 Å². The first-order chi connectivity index (χ1) is 11.2. The van der Waals surface area contributed by atoms with Gasteiger partial charge in [0.05, 0.1) is 6.20 Å². The van der Waals surface area contributed by atoms with Crippen LogP contribution in [0.1, 0.15) is 31.0 Å². The summed E-state index contributed by atoms with van der Waals surface area (Å²) in [5, 5.41) is 21.2. The van der Waals surface area contributed by atoms with Gasteiger partial charge in [-0.3, -0.25) is 4.90 Å². The normalized spacial score (nSPS) is 22.2. The lowest BCUT2D eigenvalue weighted by Gasteiger charge is -2.37. The highest BCUT2D eigenvalue weighted by atomic mass is 16.5. The number of nitrogens with one attached hydrogen (secondary N) is 1. The first-order valence-corrected chi connectivity index (χ1v) is 8.22. The van der Waals surface area contributed by atoms with Gasteiger partial charge in [0.25, 0.3) is 0 Å². The molecular formula is C17H24N4O2. The molecule has 0 saturated carbocycles. The summed E-state index contributed by atoms with van der Waals surface area (Å²) >= 11 is 0. The Balaban J connectivity index is 1.52. The Morgan fingerprint density at radius 1 is 1.43 bits per heavy atom. The number of hydrogen-bond donors (Lipinski definition) is 2. The number of piperidine rings is 1. The molecule has 1 atom stereocenters. The van der Waals surface area contributed by atoms with Gasteiger partial charge < -0.3 is 9.84 Å². The third-order valence-corrected chi connectivity index (χ3v) is 4.42. The Hall–Kier alpha value is -1.92. The van der Waals surface area contributed by atoms with Gasteiger partial charge in [0, 0.05) is 13.1 Å². The summed E-state index contributed by atoms with van der Waals surface area (Å²) in [6.45, 7) is 5.08.